The number of hydrogen-bond donors (Lipinski definition) is 3. The highest BCUT2D eigenvalue weighted by Gasteiger charge is 2.18. The van der Waals surface area contributed by atoms with E-state index in [1.54, 1.807) is 19.2 Å². The van der Waals surface area contributed by atoms with E-state index in [4.69, 9.17) is 5.14 Å². The summed E-state index contributed by atoms with van der Waals surface area (Å²) in [6.07, 6.45) is 0. The molecular formula is C21H32IN5O2S. The van der Waals surface area contributed by atoms with Gasteiger partial charge < -0.3 is 10.6 Å². The Morgan fingerprint density at radius 1 is 1.07 bits per heavy atom. The van der Waals surface area contributed by atoms with Gasteiger partial charge in [0.15, 0.2) is 5.96 Å². The molecule has 0 amide bonds. The van der Waals surface area contributed by atoms with E-state index < -0.39 is 10.0 Å². The number of nitrogens with two attached hydrogens (primary N) is 1. The topological polar surface area (TPSA) is 99.8 Å². The second-order valence-electron chi connectivity index (χ2n) is 6.65. The van der Waals surface area contributed by atoms with Crippen molar-refractivity contribution in [2.75, 3.05) is 26.7 Å². The van der Waals surface area contributed by atoms with E-state index in [0.717, 1.165) is 18.7 Å². The SMILES string of the molecule is CCN(CC)C(CNC(=NC)NCc1cccc(S(N)(=O)=O)c1)c1ccccc1.I. The number of hydrogen-bond acceptors (Lipinski definition) is 4. The molecule has 0 saturated carbocycles. The summed E-state index contributed by atoms with van der Waals surface area (Å²) in [5.41, 5.74) is 2.06. The normalized spacial score (nSPS) is 12.9. The first-order valence-corrected chi connectivity index (χ1v) is 11.3. The van der Waals surface area contributed by atoms with E-state index >= 15 is 0 Å². The number of aliphatic imine (C=N–C) groups is 1. The molecule has 0 saturated heterocycles. The summed E-state index contributed by atoms with van der Waals surface area (Å²) in [5, 5.41) is 11.8. The third-order valence-electron chi connectivity index (χ3n) is 4.81. The van der Waals surface area contributed by atoms with Gasteiger partial charge in [-0.3, -0.25) is 9.89 Å². The average molecular weight is 545 g/mol. The van der Waals surface area contributed by atoms with Gasteiger partial charge in [-0.05, 0) is 36.3 Å². The number of primary sulfonamides is 1. The molecule has 0 fully saturated rings. The van der Waals surface area contributed by atoms with Crippen LogP contribution in [-0.2, 0) is 16.6 Å². The summed E-state index contributed by atoms with van der Waals surface area (Å²) in [7, 11) is -2.00. The molecule has 0 radical (unpaired) electrons. The van der Waals surface area contributed by atoms with E-state index in [2.05, 4.69) is 58.6 Å². The Hall–Kier alpha value is -1.69. The van der Waals surface area contributed by atoms with Gasteiger partial charge in [-0.1, -0.05) is 56.3 Å². The highest BCUT2D eigenvalue weighted by Crippen LogP contribution is 2.19. The lowest BCUT2D eigenvalue weighted by Crippen LogP contribution is -2.43. The van der Waals surface area contributed by atoms with Gasteiger partial charge in [-0.25, -0.2) is 13.6 Å². The molecule has 0 heterocycles. The zero-order chi connectivity index (χ0) is 21.3. The number of sulfonamides is 1. The Balaban J connectivity index is 0.00000450. The van der Waals surface area contributed by atoms with Gasteiger partial charge in [0.1, 0.15) is 0 Å². The zero-order valence-corrected chi connectivity index (χ0v) is 20.9. The lowest BCUT2D eigenvalue weighted by atomic mass is 10.1. The van der Waals surface area contributed by atoms with E-state index in [-0.39, 0.29) is 34.9 Å². The minimum atomic E-state index is -3.72. The van der Waals surface area contributed by atoms with Gasteiger partial charge >= 0.3 is 0 Å². The van der Waals surface area contributed by atoms with Crippen molar-refractivity contribution in [1.29, 1.82) is 0 Å². The van der Waals surface area contributed by atoms with Crippen molar-refractivity contribution in [1.82, 2.24) is 15.5 Å². The molecule has 2 rings (SSSR count). The second-order valence-corrected chi connectivity index (χ2v) is 8.21. The smallest absolute Gasteiger partial charge is 0.238 e. The van der Waals surface area contributed by atoms with E-state index in [0.29, 0.717) is 19.0 Å². The number of likely N-dealkylation sites (N-methyl/N-ethyl adjacent to an activating group) is 1. The van der Waals surface area contributed by atoms with Crippen LogP contribution >= 0.6 is 24.0 Å². The second kappa shape index (κ2) is 12.9. The fourth-order valence-corrected chi connectivity index (χ4v) is 3.81. The standard InChI is InChI=1S/C21H31N5O2S.HI/c1-4-26(5-2)20(18-11-7-6-8-12-18)16-25-21(23-3)24-15-17-10-9-13-19(14-17)29(22,27)28;/h6-14,20H,4-5,15-16H2,1-3H3,(H2,22,27,28)(H2,23,24,25);1H. The summed E-state index contributed by atoms with van der Waals surface area (Å²) in [6.45, 7) is 7.34. The summed E-state index contributed by atoms with van der Waals surface area (Å²) < 4.78 is 23.1. The van der Waals surface area contributed by atoms with Crippen LogP contribution in [0.4, 0.5) is 0 Å². The number of nitrogens with zero attached hydrogens (tertiary/aromatic N) is 2. The average Bonchev–Trinajstić information content (AvgIpc) is 2.73. The van der Waals surface area contributed by atoms with Crippen molar-refractivity contribution in [3.8, 4) is 0 Å². The summed E-state index contributed by atoms with van der Waals surface area (Å²) in [5.74, 6) is 0.652. The summed E-state index contributed by atoms with van der Waals surface area (Å²) in [6, 6.07) is 17.2. The minimum absolute atomic E-state index is 0. The molecule has 0 aliphatic heterocycles. The molecule has 0 aromatic heterocycles. The monoisotopic (exact) mass is 545 g/mol. The maximum Gasteiger partial charge on any atom is 0.238 e. The molecule has 9 heteroatoms. The number of benzene rings is 2. The Morgan fingerprint density at radius 2 is 1.73 bits per heavy atom. The number of rotatable bonds is 9. The van der Waals surface area contributed by atoms with Crippen LogP contribution in [0.1, 0.15) is 31.0 Å². The quantitative estimate of drug-likeness (QED) is 0.256. The van der Waals surface area contributed by atoms with E-state index in [9.17, 15) is 8.42 Å². The predicted molar refractivity (Wildman–Crippen MR) is 134 cm³/mol. The van der Waals surface area contributed by atoms with Crippen LogP contribution in [-0.4, -0.2) is 46.0 Å². The van der Waals surface area contributed by atoms with Crippen molar-refractivity contribution in [2.45, 2.75) is 31.3 Å². The van der Waals surface area contributed by atoms with Crippen LogP contribution in [0.3, 0.4) is 0 Å². The fourth-order valence-electron chi connectivity index (χ4n) is 3.23. The van der Waals surface area contributed by atoms with Crippen LogP contribution in [0.15, 0.2) is 64.5 Å². The van der Waals surface area contributed by atoms with Crippen LogP contribution in [0.5, 0.6) is 0 Å². The Labute approximate surface area is 197 Å². The van der Waals surface area contributed by atoms with Crippen molar-refractivity contribution >= 4 is 40.0 Å². The lowest BCUT2D eigenvalue weighted by molar-refractivity contribution is 0.219. The molecule has 2 aromatic rings. The van der Waals surface area contributed by atoms with Gasteiger partial charge in [-0.15, -0.1) is 24.0 Å². The predicted octanol–water partition coefficient (Wildman–Crippen LogP) is 2.70. The highest BCUT2D eigenvalue weighted by molar-refractivity contribution is 14.0. The Morgan fingerprint density at radius 3 is 2.30 bits per heavy atom. The molecule has 166 valence electrons. The van der Waals surface area contributed by atoms with Gasteiger partial charge in [0, 0.05) is 20.1 Å². The minimum Gasteiger partial charge on any atom is -0.354 e. The number of nitrogens with one attached hydrogen (secondary N) is 2. The van der Waals surface area contributed by atoms with Gasteiger partial charge in [0.25, 0.3) is 0 Å². The first-order valence-electron chi connectivity index (χ1n) is 9.74. The van der Waals surface area contributed by atoms with Gasteiger partial charge in [0.2, 0.25) is 10.0 Å². The molecule has 0 aliphatic rings. The first-order chi connectivity index (χ1) is 13.9. The molecule has 1 atom stereocenters. The van der Waals surface area contributed by atoms with Crippen LogP contribution in [0, 0.1) is 0 Å². The van der Waals surface area contributed by atoms with Gasteiger partial charge in [-0.2, -0.15) is 0 Å². The fraction of sp³-hybridized carbons (Fsp3) is 0.381. The molecule has 0 aliphatic carbocycles. The van der Waals surface area contributed by atoms with Gasteiger partial charge in [0.05, 0.1) is 10.9 Å². The largest absolute Gasteiger partial charge is 0.354 e. The van der Waals surface area contributed by atoms with Crippen LogP contribution < -0.4 is 15.8 Å². The zero-order valence-electron chi connectivity index (χ0n) is 17.7. The molecule has 7 nitrogen and oxygen atoms in total. The maximum absolute atomic E-state index is 11.5. The molecule has 0 bridgehead atoms. The molecule has 0 spiro atoms. The summed E-state index contributed by atoms with van der Waals surface area (Å²) >= 11 is 0. The van der Waals surface area contributed by atoms with Crippen LogP contribution in [0.25, 0.3) is 0 Å². The van der Waals surface area contributed by atoms with Crippen molar-refractivity contribution in [3.05, 3.63) is 65.7 Å². The van der Waals surface area contributed by atoms with Crippen molar-refractivity contribution < 1.29 is 8.42 Å². The molecule has 2 aromatic carbocycles. The van der Waals surface area contributed by atoms with E-state index in [1.807, 2.05) is 12.1 Å². The lowest BCUT2D eigenvalue weighted by Gasteiger charge is -2.30. The van der Waals surface area contributed by atoms with E-state index in [1.165, 1.54) is 11.6 Å². The Bertz CT molecular complexity index is 903. The summed E-state index contributed by atoms with van der Waals surface area (Å²) in [4.78, 5) is 6.78. The molecule has 4 N–H and O–H groups in total. The van der Waals surface area contributed by atoms with Crippen molar-refractivity contribution in [2.24, 2.45) is 10.1 Å². The maximum atomic E-state index is 11.5. The molecular weight excluding hydrogens is 513 g/mol. The number of guanidine groups is 1. The molecule has 30 heavy (non-hydrogen) atoms. The molecule has 1 unspecified atom stereocenters. The van der Waals surface area contributed by atoms with Crippen LogP contribution in [0.2, 0.25) is 0 Å². The Kier molecular flexibility index (Phi) is 11.3. The van der Waals surface area contributed by atoms with Crippen molar-refractivity contribution in [3.63, 3.8) is 0 Å². The first kappa shape index (κ1) is 26.3. The highest BCUT2D eigenvalue weighted by atomic mass is 127. The third-order valence-corrected chi connectivity index (χ3v) is 5.72. The third kappa shape index (κ3) is 7.86. The number of halogens is 1.